The molecule has 0 N–H and O–H groups in total. The quantitative estimate of drug-likeness (QED) is 0.0671. The van der Waals surface area contributed by atoms with Gasteiger partial charge in [0.05, 0.1) is 27.6 Å². The zero-order valence-electron chi connectivity index (χ0n) is 41.9. The second-order valence-corrected chi connectivity index (χ2v) is 20.0. The molecule has 6 rings (SSSR count). The monoisotopic (exact) mass is 1090 g/mol. The number of nitrogens with zero attached hydrogens (tertiary/aromatic N) is 4. The summed E-state index contributed by atoms with van der Waals surface area (Å²) in [6.45, 7) is 15.5. The molecule has 7 nitrogen and oxygen atoms in total. The van der Waals surface area contributed by atoms with E-state index in [0.717, 1.165) is 82.3 Å². The maximum absolute atomic E-state index is 9.00. The first-order valence-corrected chi connectivity index (χ1v) is 26.2. The molecule has 0 aliphatic rings. The maximum atomic E-state index is 9.00. The van der Waals surface area contributed by atoms with Gasteiger partial charge in [-0.05, 0) is 196 Å². The fourth-order valence-electron chi connectivity index (χ4n) is 7.19. The lowest BCUT2D eigenvalue weighted by atomic mass is 10.0. The Hall–Kier alpha value is -4.27. The summed E-state index contributed by atoms with van der Waals surface area (Å²) in [4.78, 5) is 6.91. The first kappa shape index (κ1) is 58.3. The van der Waals surface area contributed by atoms with Crippen LogP contribution in [0.2, 0.25) is 20.1 Å². The largest absolute Gasteiger partial charge is 0.489 e. The van der Waals surface area contributed by atoms with Gasteiger partial charge < -0.3 is 28.9 Å². The molecule has 70 heavy (non-hydrogen) atoms. The van der Waals surface area contributed by atoms with E-state index in [2.05, 4.69) is 129 Å². The highest BCUT2D eigenvalue weighted by molar-refractivity contribution is 9.10. The van der Waals surface area contributed by atoms with Gasteiger partial charge in [-0.2, -0.15) is 5.26 Å². The predicted molar refractivity (Wildman–Crippen MR) is 298 cm³/mol. The lowest BCUT2D eigenvalue weighted by Crippen LogP contribution is -2.33. The van der Waals surface area contributed by atoms with Crippen LogP contribution in [0.5, 0.6) is 17.2 Å². The summed E-state index contributed by atoms with van der Waals surface area (Å²) in [6.07, 6.45) is 3.48. The molecule has 0 bridgehead atoms. The van der Waals surface area contributed by atoms with E-state index in [-0.39, 0.29) is 6.04 Å². The number of ether oxygens (including phenoxy) is 3. The topological polar surface area (TPSA) is 61.2 Å². The Morgan fingerprint density at radius 3 is 1.29 bits per heavy atom. The van der Waals surface area contributed by atoms with Crippen molar-refractivity contribution in [2.45, 2.75) is 98.2 Å². The molecule has 3 atom stereocenters. The van der Waals surface area contributed by atoms with Crippen LogP contribution in [-0.4, -0.2) is 73.6 Å². The summed E-state index contributed by atoms with van der Waals surface area (Å²) in [5.74, 6) is 2.57. The van der Waals surface area contributed by atoms with Crippen molar-refractivity contribution < 1.29 is 14.2 Å². The molecule has 0 amide bonds. The molecule has 12 heteroatoms. The molecular weight excluding hydrogens is 1020 g/mol. The third-order valence-corrected chi connectivity index (χ3v) is 14.5. The highest BCUT2D eigenvalue weighted by Crippen LogP contribution is 2.26. The Morgan fingerprint density at radius 2 is 0.886 bits per heavy atom. The van der Waals surface area contributed by atoms with Gasteiger partial charge in [0.2, 0.25) is 0 Å². The number of halogens is 5. The maximum Gasteiger partial charge on any atom is 0.119 e. The molecule has 6 aromatic rings. The van der Waals surface area contributed by atoms with Crippen LogP contribution < -0.4 is 14.2 Å². The highest BCUT2D eigenvalue weighted by Gasteiger charge is 2.14. The van der Waals surface area contributed by atoms with E-state index in [0.29, 0.717) is 53.4 Å². The van der Waals surface area contributed by atoms with Crippen molar-refractivity contribution in [1.82, 2.24) is 14.7 Å². The Labute approximate surface area is 447 Å². The summed E-state index contributed by atoms with van der Waals surface area (Å²) < 4.78 is 18.3. The Balaban J connectivity index is 0.000000229. The van der Waals surface area contributed by atoms with E-state index in [1.807, 2.05) is 91.0 Å². The molecule has 374 valence electrons. The van der Waals surface area contributed by atoms with E-state index in [4.69, 9.17) is 65.9 Å². The molecule has 0 spiro atoms. The second-order valence-electron chi connectivity index (χ2n) is 17.5. The van der Waals surface area contributed by atoms with E-state index in [9.17, 15) is 0 Å². The molecule has 0 saturated heterocycles. The minimum absolute atomic E-state index is 0.234. The van der Waals surface area contributed by atoms with Gasteiger partial charge in [-0.25, -0.2) is 0 Å². The van der Waals surface area contributed by atoms with Crippen LogP contribution in [0.25, 0.3) is 0 Å². The van der Waals surface area contributed by atoms with Crippen molar-refractivity contribution >= 4 is 62.3 Å². The fraction of sp³-hybridized carbons (Fsp3) is 0.362. The number of benzene rings is 6. The van der Waals surface area contributed by atoms with Crippen LogP contribution in [0.4, 0.5) is 0 Å². The Bertz CT molecular complexity index is 2490. The standard InChI is InChI=1S/C20H22Cl2N2O.C19H23BrClNO.C19H24ClNO/c1-3-24(2)17(10-11-23)12-15-4-7-18(8-5-15)25-14-16-6-9-19(21)20(22)13-16;1-4-22(3)14(2)11-15-5-8-17(9-6-15)23-13-16-7-10-18(20)19(21)12-16;1-4-21(3)15(2)12-16-8-10-19(11-9-16)22-14-17-6-5-7-18(20)13-17/h4-9,13,17H,3,10,12,14H2,1-2H3;5-10,12,14H,4,11,13H2,1-3H3;5-11,13,15H,4,12,14H2,1-3H3/t17-;14-;15-/m111/s1. The van der Waals surface area contributed by atoms with Crippen molar-refractivity contribution in [3.63, 3.8) is 0 Å². The molecule has 0 saturated carbocycles. The summed E-state index contributed by atoms with van der Waals surface area (Å²) in [6, 6.07) is 47.5. The molecule has 0 aliphatic carbocycles. The molecule has 0 aliphatic heterocycles. The molecule has 0 heterocycles. The molecule has 0 radical (unpaired) electrons. The normalized spacial score (nSPS) is 12.3. The van der Waals surface area contributed by atoms with Gasteiger partial charge in [-0.1, -0.05) is 128 Å². The Kier molecular flexibility index (Phi) is 26.0. The first-order chi connectivity index (χ1) is 33.6. The average Bonchev–Trinajstić information content (AvgIpc) is 3.37. The minimum atomic E-state index is 0.234. The van der Waals surface area contributed by atoms with E-state index in [1.165, 1.54) is 16.7 Å². The van der Waals surface area contributed by atoms with Gasteiger partial charge in [0.25, 0.3) is 0 Å². The average molecular weight is 1090 g/mol. The smallest absolute Gasteiger partial charge is 0.119 e. The lowest BCUT2D eigenvalue weighted by molar-refractivity contribution is 0.255. The fourth-order valence-corrected chi connectivity index (χ4v) is 8.17. The van der Waals surface area contributed by atoms with Gasteiger partial charge >= 0.3 is 0 Å². The van der Waals surface area contributed by atoms with Gasteiger partial charge in [0.1, 0.15) is 37.1 Å². The van der Waals surface area contributed by atoms with E-state index < -0.39 is 0 Å². The number of hydrogen-bond acceptors (Lipinski definition) is 7. The van der Waals surface area contributed by atoms with Crippen molar-refractivity contribution in [2.24, 2.45) is 0 Å². The van der Waals surface area contributed by atoms with Gasteiger partial charge in [0.15, 0.2) is 0 Å². The predicted octanol–water partition coefficient (Wildman–Crippen LogP) is 15.7. The summed E-state index contributed by atoms with van der Waals surface area (Å²) >= 11 is 27.4. The minimum Gasteiger partial charge on any atom is -0.489 e. The van der Waals surface area contributed by atoms with Crippen molar-refractivity contribution in [3.05, 3.63) is 191 Å². The molecule has 6 aromatic carbocycles. The van der Waals surface area contributed by atoms with Gasteiger partial charge in [-0.3, -0.25) is 0 Å². The molecule has 0 unspecified atom stereocenters. The summed E-state index contributed by atoms with van der Waals surface area (Å²) in [5, 5.41) is 11.5. The van der Waals surface area contributed by atoms with Crippen LogP contribution in [-0.2, 0) is 39.1 Å². The van der Waals surface area contributed by atoms with Crippen LogP contribution in [0.3, 0.4) is 0 Å². The number of rotatable bonds is 22. The third-order valence-electron chi connectivity index (χ3n) is 12.3. The molecule has 0 aromatic heterocycles. The number of likely N-dealkylation sites (N-methyl/N-ethyl adjacent to an activating group) is 3. The first-order valence-electron chi connectivity index (χ1n) is 23.9. The van der Waals surface area contributed by atoms with Crippen LogP contribution in [0, 0.1) is 11.3 Å². The van der Waals surface area contributed by atoms with Crippen LogP contribution >= 0.6 is 62.3 Å². The zero-order valence-corrected chi connectivity index (χ0v) is 46.5. The van der Waals surface area contributed by atoms with Crippen molar-refractivity contribution in [1.29, 1.82) is 5.26 Å². The van der Waals surface area contributed by atoms with E-state index >= 15 is 0 Å². The lowest BCUT2D eigenvalue weighted by Gasteiger charge is -2.24. The number of nitriles is 1. The molecule has 0 fully saturated rings. The van der Waals surface area contributed by atoms with Crippen molar-refractivity contribution in [2.75, 3.05) is 40.8 Å². The number of hydrogen-bond donors (Lipinski definition) is 0. The SMILES string of the molecule is CCN(C)[C@H](C)Cc1ccc(OCc2ccc(Br)c(Cl)c2)cc1.CCN(C)[C@H](C)Cc1ccc(OCc2cccc(Cl)c2)cc1.CCN(C)[C@H](CC#N)Cc1ccc(OCc2ccc(Cl)c(Cl)c2)cc1. The zero-order chi connectivity index (χ0) is 51.0. The Morgan fingerprint density at radius 1 is 0.486 bits per heavy atom. The second kappa shape index (κ2) is 31.2. The van der Waals surface area contributed by atoms with Gasteiger partial charge in [-0.15, -0.1) is 0 Å². The van der Waals surface area contributed by atoms with Gasteiger partial charge in [0, 0.05) is 27.6 Å². The summed E-state index contributed by atoms with van der Waals surface area (Å²) in [5.41, 5.74) is 6.97. The summed E-state index contributed by atoms with van der Waals surface area (Å²) in [7, 11) is 6.37. The van der Waals surface area contributed by atoms with Crippen molar-refractivity contribution in [3.8, 4) is 23.3 Å². The molecular formula is C58H69BrCl4N4O3. The van der Waals surface area contributed by atoms with Crippen LogP contribution in [0.1, 0.15) is 74.4 Å². The third kappa shape index (κ3) is 20.8. The highest BCUT2D eigenvalue weighted by atomic mass is 79.9. The van der Waals surface area contributed by atoms with E-state index in [1.54, 1.807) is 6.07 Å². The van der Waals surface area contributed by atoms with Crippen LogP contribution in [0.15, 0.2) is 138 Å².